The largest absolute Gasteiger partial charge is 0.326 e. The monoisotopic (exact) mass is 348 g/mol. The smallest absolute Gasteiger partial charge is 0.229 e. The first-order chi connectivity index (χ1) is 12.5. The zero-order valence-corrected chi connectivity index (χ0v) is 14.7. The van der Waals surface area contributed by atoms with Crippen molar-refractivity contribution >= 4 is 34.2 Å². The zero-order chi connectivity index (χ0) is 18.3. The number of aromatic nitrogens is 2. The van der Waals surface area contributed by atoms with Crippen LogP contribution in [-0.2, 0) is 9.59 Å². The van der Waals surface area contributed by atoms with E-state index in [1.54, 1.807) is 4.90 Å². The van der Waals surface area contributed by atoms with Gasteiger partial charge in [0.05, 0.1) is 11.4 Å². The third kappa shape index (κ3) is 2.83. The van der Waals surface area contributed by atoms with Gasteiger partial charge in [-0.15, -0.1) is 0 Å². The van der Waals surface area contributed by atoms with E-state index in [9.17, 15) is 9.59 Å². The fourth-order valence-electron chi connectivity index (χ4n) is 3.35. The Hall–Kier alpha value is -3.15. The molecule has 1 atom stereocenters. The van der Waals surface area contributed by atoms with Crippen LogP contribution in [0.5, 0.6) is 0 Å². The highest BCUT2D eigenvalue weighted by Gasteiger charge is 2.37. The minimum absolute atomic E-state index is 0.0802. The third-order valence-electron chi connectivity index (χ3n) is 4.85. The van der Waals surface area contributed by atoms with Gasteiger partial charge < -0.3 is 5.32 Å². The summed E-state index contributed by atoms with van der Waals surface area (Å²) in [6, 6.07) is 13.6. The molecule has 6 nitrogen and oxygen atoms in total. The number of anilines is 2. The first kappa shape index (κ1) is 16.3. The van der Waals surface area contributed by atoms with Crippen LogP contribution >= 0.6 is 0 Å². The van der Waals surface area contributed by atoms with Gasteiger partial charge >= 0.3 is 0 Å². The Balaban J connectivity index is 1.54. The van der Waals surface area contributed by atoms with Crippen LogP contribution in [0.1, 0.15) is 17.5 Å². The van der Waals surface area contributed by atoms with Gasteiger partial charge in [-0.3, -0.25) is 19.6 Å². The molecule has 1 aliphatic rings. The molecule has 2 aromatic carbocycles. The van der Waals surface area contributed by atoms with Gasteiger partial charge in [0.25, 0.3) is 0 Å². The number of rotatable bonds is 3. The van der Waals surface area contributed by atoms with Gasteiger partial charge in [0.1, 0.15) is 0 Å². The van der Waals surface area contributed by atoms with Crippen molar-refractivity contribution in [3.63, 3.8) is 0 Å². The Kier molecular flexibility index (Phi) is 3.95. The van der Waals surface area contributed by atoms with Crippen molar-refractivity contribution in [2.45, 2.75) is 20.3 Å². The maximum absolute atomic E-state index is 12.7. The lowest BCUT2D eigenvalue weighted by Crippen LogP contribution is -2.28. The SMILES string of the molecule is Cc1ccc(C)c(NC(=O)C2CC(=O)N(c3n[nH]c4ccccc34)C2)c1. The molecule has 1 saturated heterocycles. The number of nitrogens with one attached hydrogen (secondary N) is 2. The Morgan fingerprint density at radius 3 is 2.88 bits per heavy atom. The van der Waals surface area contributed by atoms with Gasteiger partial charge in [-0.05, 0) is 43.2 Å². The van der Waals surface area contributed by atoms with E-state index in [0.29, 0.717) is 12.4 Å². The van der Waals surface area contributed by atoms with Crippen LogP contribution in [0.15, 0.2) is 42.5 Å². The van der Waals surface area contributed by atoms with Crippen LogP contribution in [0, 0.1) is 19.8 Å². The minimum atomic E-state index is -0.391. The number of hydrogen-bond donors (Lipinski definition) is 2. The number of carbonyl (C=O) groups is 2. The summed E-state index contributed by atoms with van der Waals surface area (Å²) in [5.41, 5.74) is 3.76. The van der Waals surface area contributed by atoms with Crippen LogP contribution in [0.3, 0.4) is 0 Å². The predicted octanol–water partition coefficient (Wildman–Crippen LogP) is 3.17. The molecule has 1 fully saturated rings. The molecule has 0 radical (unpaired) electrons. The number of carbonyl (C=O) groups excluding carboxylic acids is 2. The summed E-state index contributed by atoms with van der Waals surface area (Å²) in [5.74, 6) is -0.0109. The van der Waals surface area contributed by atoms with E-state index in [1.807, 2.05) is 56.3 Å². The van der Waals surface area contributed by atoms with Crippen LogP contribution in [0.25, 0.3) is 10.9 Å². The van der Waals surface area contributed by atoms with Crippen LogP contribution in [-0.4, -0.2) is 28.6 Å². The number of para-hydroxylation sites is 1. The molecule has 2 N–H and O–H groups in total. The molecule has 0 aliphatic carbocycles. The van der Waals surface area contributed by atoms with E-state index in [2.05, 4.69) is 15.5 Å². The van der Waals surface area contributed by atoms with Crippen LogP contribution < -0.4 is 10.2 Å². The molecule has 26 heavy (non-hydrogen) atoms. The van der Waals surface area contributed by atoms with E-state index in [1.165, 1.54) is 0 Å². The number of hydrogen-bond acceptors (Lipinski definition) is 3. The second kappa shape index (κ2) is 6.29. The number of amides is 2. The molecule has 2 amide bonds. The summed E-state index contributed by atoms with van der Waals surface area (Å²) >= 11 is 0. The van der Waals surface area contributed by atoms with Gasteiger partial charge in [0, 0.05) is 24.0 Å². The van der Waals surface area contributed by atoms with Gasteiger partial charge in [0.15, 0.2) is 5.82 Å². The summed E-state index contributed by atoms with van der Waals surface area (Å²) in [7, 11) is 0. The van der Waals surface area contributed by atoms with E-state index in [4.69, 9.17) is 0 Å². The molecule has 3 aromatic rings. The lowest BCUT2D eigenvalue weighted by Gasteiger charge is -2.15. The van der Waals surface area contributed by atoms with Gasteiger partial charge in [-0.2, -0.15) is 5.10 Å². The van der Waals surface area contributed by atoms with Crippen molar-refractivity contribution in [2.24, 2.45) is 5.92 Å². The van der Waals surface area contributed by atoms with Crippen molar-refractivity contribution < 1.29 is 9.59 Å². The molecule has 0 saturated carbocycles. The second-order valence-corrected chi connectivity index (χ2v) is 6.81. The first-order valence-corrected chi connectivity index (χ1v) is 8.64. The average molecular weight is 348 g/mol. The molecule has 6 heteroatoms. The van der Waals surface area contributed by atoms with Crippen molar-refractivity contribution in [1.82, 2.24) is 10.2 Å². The Morgan fingerprint density at radius 1 is 1.23 bits per heavy atom. The first-order valence-electron chi connectivity index (χ1n) is 8.64. The Bertz CT molecular complexity index is 1010. The number of aryl methyl sites for hydroxylation is 2. The highest BCUT2D eigenvalue weighted by atomic mass is 16.2. The molecule has 132 valence electrons. The van der Waals surface area contributed by atoms with Gasteiger partial charge in [0.2, 0.25) is 11.8 Å². The van der Waals surface area contributed by atoms with Crippen molar-refractivity contribution in [1.29, 1.82) is 0 Å². The quantitative estimate of drug-likeness (QED) is 0.763. The lowest BCUT2D eigenvalue weighted by atomic mass is 10.1. The molecule has 0 bridgehead atoms. The zero-order valence-electron chi connectivity index (χ0n) is 14.7. The summed E-state index contributed by atoms with van der Waals surface area (Å²) in [4.78, 5) is 26.8. The number of nitrogens with zero attached hydrogens (tertiary/aromatic N) is 2. The van der Waals surface area contributed by atoms with Crippen molar-refractivity contribution in [2.75, 3.05) is 16.8 Å². The molecule has 0 spiro atoms. The summed E-state index contributed by atoms with van der Waals surface area (Å²) in [6.07, 6.45) is 0.192. The average Bonchev–Trinajstić information content (AvgIpc) is 3.21. The van der Waals surface area contributed by atoms with E-state index < -0.39 is 5.92 Å². The van der Waals surface area contributed by atoms with Crippen molar-refractivity contribution in [3.05, 3.63) is 53.6 Å². The Labute approximate surface area is 151 Å². The molecule has 1 aromatic heterocycles. The minimum Gasteiger partial charge on any atom is -0.326 e. The number of benzene rings is 2. The third-order valence-corrected chi connectivity index (χ3v) is 4.85. The number of fused-ring (bicyclic) bond motifs is 1. The van der Waals surface area contributed by atoms with E-state index >= 15 is 0 Å². The van der Waals surface area contributed by atoms with Crippen LogP contribution in [0.4, 0.5) is 11.5 Å². The van der Waals surface area contributed by atoms with E-state index in [-0.39, 0.29) is 18.2 Å². The van der Waals surface area contributed by atoms with Gasteiger partial charge in [-0.1, -0.05) is 24.3 Å². The highest BCUT2D eigenvalue weighted by Crippen LogP contribution is 2.30. The molecular formula is C20H20N4O2. The number of H-pyrrole nitrogens is 1. The topological polar surface area (TPSA) is 78.1 Å². The summed E-state index contributed by atoms with van der Waals surface area (Å²) in [6.45, 7) is 4.28. The maximum Gasteiger partial charge on any atom is 0.229 e. The fraction of sp³-hybridized carbons (Fsp3) is 0.250. The second-order valence-electron chi connectivity index (χ2n) is 6.81. The van der Waals surface area contributed by atoms with Crippen LogP contribution in [0.2, 0.25) is 0 Å². The number of aromatic amines is 1. The van der Waals surface area contributed by atoms with Gasteiger partial charge in [-0.25, -0.2) is 0 Å². The standard InChI is InChI=1S/C20H20N4O2/c1-12-7-8-13(2)17(9-12)21-20(26)14-10-18(25)24(11-14)19-15-5-3-4-6-16(15)22-23-19/h3-9,14H,10-11H2,1-2H3,(H,21,26)(H,22,23). The van der Waals surface area contributed by atoms with Crippen molar-refractivity contribution in [3.8, 4) is 0 Å². The predicted molar refractivity (Wildman–Crippen MR) is 101 cm³/mol. The molecule has 1 aliphatic heterocycles. The Morgan fingerprint density at radius 2 is 2.04 bits per heavy atom. The molecular weight excluding hydrogens is 328 g/mol. The normalized spacial score (nSPS) is 17.1. The molecule has 1 unspecified atom stereocenters. The fourth-order valence-corrected chi connectivity index (χ4v) is 3.35. The molecule has 4 rings (SSSR count). The summed E-state index contributed by atoms with van der Waals surface area (Å²) in [5, 5.41) is 11.1. The van der Waals surface area contributed by atoms with E-state index in [0.717, 1.165) is 27.7 Å². The lowest BCUT2D eigenvalue weighted by molar-refractivity contribution is -0.122. The molecule has 2 heterocycles. The maximum atomic E-state index is 12.7. The highest BCUT2D eigenvalue weighted by molar-refractivity contribution is 6.07. The summed E-state index contributed by atoms with van der Waals surface area (Å²) < 4.78 is 0.